The second kappa shape index (κ2) is 30.5. The van der Waals surface area contributed by atoms with Crippen molar-refractivity contribution in [2.75, 3.05) is 0 Å². The van der Waals surface area contributed by atoms with Gasteiger partial charge in [0.25, 0.3) is 0 Å². The number of nitrogens with zero attached hydrogens (tertiary/aromatic N) is 4. The van der Waals surface area contributed by atoms with E-state index in [-0.39, 0.29) is 32.5 Å². The van der Waals surface area contributed by atoms with E-state index in [1.165, 1.54) is 33.4 Å². The summed E-state index contributed by atoms with van der Waals surface area (Å²) in [6.45, 7) is 40.5. The summed E-state index contributed by atoms with van der Waals surface area (Å²) >= 11 is 0. The quantitative estimate of drug-likeness (QED) is 0.0794. The van der Waals surface area contributed by atoms with Crippen molar-refractivity contribution >= 4 is 98.7 Å². The standard InChI is InChI=1S/C113H106N8O2/c1-108(2,3)74-37-23-67(24-38-74)99-83-51-53-85(114-83)101(69-27-41-76(42-28-69)110(7,8)9)89-59-61-93(118-89)105(94-62-60-90(119-94)102(86-54-52-84(99)115-86)70-29-43-77(44-30-70)111(10,11)12)73-35-49-80(50-36-73)123-107(122)82-22-20-19-21-81(82)106-97-65-63-95(120-97)103(71-31-45-78(46-32-71)112(13,14)15)91-57-55-87(116-91)100(68-25-39-75(40-26-68)109(4,5)6)88-56-58-92(117-88)104(96-64-66-98(106)121-96)72-33-47-79(48-34-72)113(16,17)18/h19-66,114,116,119,121H,1-18H3. The van der Waals surface area contributed by atoms with Gasteiger partial charge in [0, 0.05) is 94.2 Å². The number of carbonyl (C=O) groups is 1. The van der Waals surface area contributed by atoms with E-state index < -0.39 is 5.97 Å². The van der Waals surface area contributed by atoms with Gasteiger partial charge >= 0.3 is 5.97 Å². The number of H-pyrrole nitrogens is 4. The van der Waals surface area contributed by atoms with Gasteiger partial charge in [-0.1, -0.05) is 301 Å². The Morgan fingerprint density at radius 1 is 0.220 bits per heavy atom. The Morgan fingerprint density at radius 3 is 0.602 bits per heavy atom. The molecule has 123 heavy (non-hydrogen) atoms. The molecule has 610 valence electrons. The van der Waals surface area contributed by atoms with Crippen LogP contribution in [0.5, 0.6) is 5.75 Å². The van der Waals surface area contributed by atoms with Crippen LogP contribution >= 0.6 is 0 Å². The zero-order valence-electron chi connectivity index (χ0n) is 73.8. The molecule has 4 N–H and O–H groups in total. The van der Waals surface area contributed by atoms with Gasteiger partial charge in [-0.2, -0.15) is 0 Å². The molecular weight excluding hydrogens is 1500 g/mol. The lowest BCUT2D eigenvalue weighted by Gasteiger charge is -2.19. The van der Waals surface area contributed by atoms with Crippen molar-refractivity contribution in [2.24, 2.45) is 0 Å². The van der Waals surface area contributed by atoms with E-state index in [0.717, 1.165) is 162 Å². The van der Waals surface area contributed by atoms with E-state index >= 15 is 4.79 Å². The highest BCUT2D eigenvalue weighted by Gasteiger charge is 2.28. The summed E-state index contributed by atoms with van der Waals surface area (Å²) in [5, 5.41) is 0. The second-order valence-electron chi connectivity index (χ2n) is 39.4. The van der Waals surface area contributed by atoms with E-state index in [0.29, 0.717) is 28.1 Å². The number of hydrogen-bond donors (Lipinski definition) is 4. The molecule has 10 nitrogen and oxygen atoms in total. The molecule has 0 aliphatic carbocycles. The Kier molecular flexibility index (Phi) is 20.0. The van der Waals surface area contributed by atoms with Crippen LogP contribution in [-0.2, 0) is 32.5 Å². The van der Waals surface area contributed by atoms with Gasteiger partial charge in [0.05, 0.1) is 51.1 Å². The van der Waals surface area contributed by atoms with Crippen LogP contribution in [0.4, 0.5) is 0 Å². The lowest BCUT2D eigenvalue weighted by atomic mass is 9.86. The molecule has 0 spiro atoms. The largest absolute Gasteiger partial charge is 0.423 e. The van der Waals surface area contributed by atoms with Crippen molar-refractivity contribution in [1.29, 1.82) is 0 Å². The number of benzene rings is 8. The summed E-state index contributed by atoms with van der Waals surface area (Å²) in [4.78, 5) is 54.3. The predicted octanol–water partition coefficient (Wildman–Crippen LogP) is 30.0. The van der Waals surface area contributed by atoms with Crippen LogP contribution < -0.4 is 4.74 Å². The lowest BCUT2D eigenvalue weighted by molar-refractivity contribution is 0.0735. The number of rotatable bonds is 10. The lowest BCUT2D eigenvalue weighted by Crippen LogP contribution is -2.10. The molecule has 10 heteroatoms. The highest BCUT2D eigenvalue weighted by Crippen LogP contribution is 2.45. The maximum atomic E-state index is 15.7. The van der Waals surface area contributed by atoms with Gasteiger partial charge in [0.1, 0.15) is 5.75 Å². The Morgan fingerprint density at radius 2 is 0.398 bits per heavy atom. The molecule has 0 saturated carbocycles. The van der Waals surface area contributed by atoms with Crippen molar-refractivity contribution in [2.45, 2.75) is 157 Å². The monoisotopic (exact) mass is 1610 g/mol. The molecule has 8 aromatic carbocycles. The third-order valence-corrected chi connectivity index (χ3v) is 24.5. The molecule has 18 rings (SSSR count). The van der Waals surface area contributed by atoms with Gasteiger partial charge in [-0.05, 0) is 220 Å². The molecule has 0 fully saturated rings. The minimum Gasteiger partial charge on any atom is -0.423 e. The molecular formula is C113H106N8O2. The molecule has 4 aliphatic rings. The van der Waals surface area contributed by atoms with Crippen LogP contribution in [0.15, 0.2) is 243 Å². The zero-order valence-corrected chi connectivity index (χ0v) is 73.8. The van der Waals surface area contributed by atoms with E-state index in [2.05, 4.69) is 387 Å². The number of carbonyl (C=O) groups excluding carboxylic acids is 1. The van der Waals surface area contributed by atoms with E-state index in [1.54, 1.807) is 0 Å². The Bertz CT molecular complexity index is 6940. The molecule has 0 unspecified atom stereocenters. The maximum absolute atomic E-state index is 15.7. The van der Waals surface area contributed by atoms with Crippen LogP contribution in [0.3, 0.4) is 0 Å². The zero-order chi connectivity index (χ0) is 86.0. The first-order valence-electron chi connectivity index (χ1n) is 43.0. The maximum Gasteiger partial charge on any atom is 0.344 e. The van der Waals surface area contributed by atoms with Gasteiger partial charge in [0.15, 0.2) is 0 Å². The highest BCUT2D eigenvalue weighted by molar-refractivity contribution is 6.06. The first kappa shape index (κ1) is 80.5. The number of fused-ring (bicyclic) bond motifs is 16. The molecule has 0 amide bonds. The summed E-state index contributed by atoms with van der Waals surface area (Å²) in [6.07, 6.45) is 17.1. The summed E-state index contributed by atoms with van der Waals surface area (Å²) in [7, 11) is 0. The summed E-state index contributed by atoms with van der Waals surface area (Å²) in [5.74, 6) is -0.171. The van der Waals surface area contributed by atoms with Gasteiger partial charge in [-0.3, -0.25) is 0 Å². The summed E-state index contributed by atoms with van der Waals surface area (Å²) in [6, 6.07) is 86.4. The van der Waals surface area contributed by atoms with Crippen molar-refractivity contribution < 1.29 is 9.53 Å². The number of aromatic nitrogens is 8. The first-order chi connectivity index (χ1) is 58.6. The van der Waals surface area contributed by atoms with Crippen molar-refractivity contribution in [3.8, 4) is 94.8 Å². The third-order valence-electron chi connectivity index (χ3n) is 24.5. The molecule has 4 aliphatic heterocycles. The van der Waals surface area contributed by atoms with Crippen LogP contribution in [0, 0.1) is 0 Å². The Balaban J connectivity index is 0.807. The Labute approximate surface area is 722 Å². The SMILES string of the molecule is CC(C)(C)c1ccc(-c2c3nc(c(-c4ccc(C(C)(C)C)cc4)c4ccc([nH]4)c(-c4ccc(C(C)(C)C)cc4)c4nc(c(-c5ccc(OC(=O)c6ccccc6-c6c7nc(c(-c8ccc(C(C)(C)C)cc8)c8ccc([nH]8)c(-c8ccc(C(C)(C)C)cc8)c8nc(c(-c9ccc(C(C)(C)C)cc9)c9ccc6[nH]9)C=C8)C=C7)cc5)c5ccc2[nH]5)C=C4)C=C3)cc1. The van der Waals surface area contributed by atoms with Gasteiger partial charge in [0.2, 0.25) is 0 Å². The smallest absolute Gasteiger partial charge is 0.344 e. The first-order valence-corrected chi connectivity index (χ1v) is 43.0. The average molecular weight is 1610 g/mol. The van der Waals surface area contributed by atoms with Crippen molar-refractivity contribution in [3.05, 3.63) is 327 Å². The average Bonchev–Trinajstić information content (AvgIpc) is 1.62. The molecule has 0 atom stereocenters. The molecule has 10 heterocycles. The van der Waals surface area contributed by atoms with Crippen LogP contribution in [-0.4, -0.2) is 45.8 Å². The van der Waals surface area contributed by atoms with Gasteiger partial charge in [-0.15, -0.1) is 0 Å². The number of nitrogens with one attached hydrogen (secondary N) is 4. The van der Waals surface area contributed by atoms with Crippen LogP contribution in [0.1, 0.15) is 214 Å². The summed E-state index contributed by atoms with van der Waals surface area (Å²) < 4.78 is 6.68. The highest BCUT2D eigenvalue weighted by atomic mass is 16.5. The molecule has 6 aromatic heterocycles. The normalized spacial score (nSPS) is 13.0. The van der Waals surface area contributed by atoms with Crippen molar-refractivity contribution in [3.63, 3.8) is 0 Å². The number of esters is 1. The minimum absolute atomic E-state index is 0.0346. The van der Waals surface area contributed by atoms with Crippen LogP contribution in [0.2, 0.25) is 0 Å². The number of ether oxygens (including phenoxy) is 1. The predicted molar refractivity (Wildman–Crippen MR) is 518 cm³/mol. The van der Waals surface area contributed by atoms with Gasteiger partial charge in [-0.25, -0.2) is 24.7 Å². The minimum atomic E-state index is -0.535. The van der Waals surface area contributed by atoms with E-state index in [4.69, 9.17) is 24.7 Å². The fraction of sp³-hybridized carbons (Fsp3) is 0.212. The van der Waals surface area contributed by atoms with Crippen molar-refractivity contribution in [1.82, 2.24) is 39.9 Å². The molecule has 16 bridgehead atoms. The Hall–Kier alpha value is -13.6. The number of hydrogen-bond acceptors (Lipinski definition) is 6. The van der Waals surface area contributed by atoms with Gasteiger partial charge < -0.3 is 24.7 Å². The van der Waals surface area contributed by atoms with E-state index in [1.807, 2.05) is 48.5 Å². The topological polar surface area (TPSA) is 141 Å². The summed E-state index contributed by atoms with van der Waals surface area (Å²) in [5.41, 5.74) is 35.6. The fourth-order valence-electron chi connectivity index (χ4n) is 17.4. The van der Waals surface area contributed by atoms with Crippen LogP contribution in [0.25, 0.3) is 182 Å². The number of aromatic amines is 4. The van der Waals surface area contributed by atoms with E-state index in [9.17, 15) is 0 Å². The molecule has 0 saturated heterocycles. The molecule has 14 aromatic rings. The fourth-order valence-corrected chi connectivity index (χ4v) is 17.4. The third kappa shape index (κ3) is 15.7. The second-order valence-corrected chi connectivity index (χ2v) is 39.4. The molecule has 0 radical (unpaired) electrons.